The van der Waals surface area contributed by atoms with Crippen molar-refractivity contribution in [2.24, 2.45) is 0 Å². The van der Waals surface area contributed by atoms with Gasteiger partial charge >= 0.3 is 5.97 Å². The van der Waals surface area contributed by atoms with E-state index in [1.54, 1.807) is 15.7 Å². The first-order chi connectivity index (χ1) is 13.2. The van der Waals surface area contributed by atoms with Crippen molar-refractivity contribution in [3.63, 3.8) is 0 Å². The van der Waals surface area contributed by atoms with Gasteiger partial charge in [0.1, 0.15) is 6.61 Å². The number of esters is 1. The lowest BCUT2D eigenvalue weighted by atomic mass is 9.97. The van der Waals surface area contributed by atoms with E-state index < -0.39 is 0 Å². The summed E-state index contributed by atoms with van der Waals surface area (Å²) in [6.45, 7) is 1.99. The number of hydrogen-bond donors (Lipinski definition) is 0. The number of hydrogen-bond acceptors (Lipinski definition) is 5. The number of carbonyl (C=O) groups excluding carboxylic acids is 1. The average molecular weight is 382 g/mol. The Kier molecular flexibility index (Phi) is 5.07. The first-order valence-electron chi connectivity index (χ1n) is 9.42. The third-order valence-corrected chi connectivity index (χ3v) is 6.21. The van der Waals surface area contributed by atoms with E-state index in [2.05, 4.69) is 4.98 Å². The van der Waals surface area contributed by atoms with E-state index in [1.165, 1.54) is 10.9 Å². The number of benzene rings is 1. The number of rotatable bonds is 5. The minimum atomic E-state index is -0.301. The Morgan fingerprint density at radius 2 is 2.04 bits per heavy atom. The Labute approximate surface area is 161 Å². The largest absolute Gasteiger partial charge is 0.459 e. The lowest BCUT2D eigenvalue weighted by molar-refractivity contribution is -0.147. The lowest BCUT2D eigenvalue weighted by Crippen LogP contribution is -2.20. The Morgan fingerprint density at radius 1 is 1.26 bits per heavy atom. The SMILES string of the molecule is CC[C@@H](C(=O)OCc1cc(=O)n2c3c(sc2n1)CCCC3)c1ccccc1. The predicted octanol–water partition coefficient (Wildman–Crippen LogP) is 3.87. The highest BCUT2D eigenvalue weighted by atomic mass is 32.1. The van der Waals surface area contributed by atoms with Gasteiger partial charge in [0.2, 0.25) is 0 Å². The summed E-state index contributed by atoms with van der Waals surface area (Å²) in [5, 5.41) is 0. The van der Waals surface area contributed by atoms with Crippen molar-refractivity contribution in [2.75, 3.05) is 0 Å². The van der Waals surface area contributed by atoms with Crippen molar-refractivity contribution in [3.05, 3.63) is 68.6 Å². The molecule has 0 bridgehead atoms. The summed E-state index contributed by atoms with van der Waals surface area (Å²) >= 11 is 1.58. The van der Waals surface area contributed by atoms with E-state index in [-0.39, 0.29) is 24.1 Å². The molecule has 2 aromatic heterocycles. The molecule has 0 fully saturated rings. The zero-order chi connectivity index (χ0) is 18.8. The molecule has 0 aliphatic heterocycles. The molecule has 0 N–H and O–H groups in total. The average Bonchev–Trinajstić information content (AvgIpc) is 3.06. The molecular weight excluding hydrogens is 360 g/mol. The molecule has 0 radical (unpaired) electrons. The maximum absolute atomic E-state index is 12.6. The van der Waals surface area contributed by atoms with Crippen molar-refractivity contribution in [1.29, 1.82) is 0 Å². The Morgan fingerprint density at radius 3 is 2.81 bits per heavy atom. The highest BCUT2D eigenvalue weighted by molar-refractivity contribution is 7.17. The van der Waals surface area contributed by atoms with Crippen LogP contribution in [0.2, 0.25) is 0 Å². The van der Waals surface area contributed by atoms with Gasteiger partial charge in [-0.05, 0) is 37.7 Å². The number of nitrogens with zero attached hydrogens (tertiary/aromatic N) is 2. The van der Waals surface area contributed by atoms with Crippen LogP contribution in [0.1, 0.15) is 53.9 Å². The minimum Gasteiger partial charge on any atom is -0.459 e. The molecular formula is C21H22N2O3S. The van der Waals surface area contributed by atoms with Crippen molar-refractivity contribution in [2.45, 2.75) is 51.6 Å². The normalized spacial score (nSPS) is 14.7. The van der Waals surface area contributed by atoms with Gasteiger partial charge in [-0.1, -0.05) is 37.3 Å². The number of aryl methyl sites for hydroxylation is 2. The highest BCUT2D eigenvalue weighted by Gasteiger charge is 2.21. The third-order valence-electron chi connectivity index (χ3n) is 5.07. The van der Waals surface area contributed by atoms with Gasteiger partial charge in [0.05, 0.1) is 11.6 Å². The van der Waals surface area contributed by atoms with E-state index in [4.69, 9.17) is 4.74 Å². The Hall–Kier alpha value is -2.47. The molecule has 1 aromatic carbocycles. The van der Waals surface area contributed by atoms with Gasteiger partial charge in [-0.2, -0.15) is 0 Å². The van der Waals surface area contributed by atoms with Crippen molar-refractivity contribution >= 4 is 22.3 Å². The molecule has 1 aliphatic carbocycles. The predicted molar refractivity (Wildman–Crippen MR) is 105 cm³/mol. The monoisotopic (exact) mass is 382 g/mol. The third kappa shape index (κ3) is 3.54. The molecule has 140 valence electrons. The number of ether oxygens (including phenoxy) is 1. The maximum atomic E-state index is 12.6. The van der Waals surface area contributed by atoms with Crippen LogP contribution in [-0.2, 0) is 29.0 Å². The molecule has 0 saturated carbocycles. The quantitative estimate of drug-likeness (QED) is 0.629. The second-order valence-electron chi connectivity index (χ2n) is 6.86. The van der Waals surface area contributed by atoms with E-state index >= 15 is 0 Å². The molecule has 3 aromatic rings. The van der Waals surface area contributed by atoms with Gasteiger partial charge < -0.3 is 4.74 Å². The zero-order valence-corrected chi connectivity index (χ0v) is 16.1. The van der Waals surface area contributed by atoms with Crippen LogP contribution in [0.15, 0.2) is 41.2 Å². The van der Waals surface area contributed by atoms with Gasteiger partial charge in [0.15, 0.2) is 4.96 Å². The summed E-state index contributed by atoms with van der Waals surface area (Å²) in [5.74, 6) is -0.582. The first kappa shape index (κ1) is 17.9. The van der Waals surface area contributed by atoms with Crippen LogP contribution in [0, 0.1) is 0 Å². The fraction of sp³-hybridized carbons (Fsp3) is 0.381. The molecule has 0 amide bonds. The minimum absolute atomic E-state index is 0.0243. The second kappa shape index (κ2) is 7.64. The smallest absolute Gasteiger partial charge is 0.313 e. The van der Waals surface area contributed by atoms with E-state index in [0.29, 0.717) is 17.1 Å². The molecule has 4 rings (SSSR count). The number of aromatic nitrogens is 2. The molecule has 0 saturated heterocycles. The number of carbonyl (C=O) groups is 1. The summed E-state index contributed by atoms with van der Waals surface area (Å²) in [4.78, 5) is 31.6. The van der Waals surface area contributed by atoms with Crippen LogP contribution in [0.25, 0.3) is 4.96 Å². The fourth-order valence-electron chi connectivity index (χ4n) is 3.69. The number of fused-ring (bicyclic) bond motifs is 3. The van der Waals surface area contributed by atoms with E-state index in [1.807, 2.05) is 37.3 Å². The first-order valence-corrected chi connectivity index (χ1v) is 10.2. The molecule has 27 heavy (non-hydrogen) atoms. The summed E-state index contributed by atoms with van der Waals surface area (Å²) in [6.07, 6.45) is 4.89. The standard InChI is InChI=1S/C21H22N2O3S/c1-2-16(14-8-4-3-5-9-14)20(25)26-13-15-12-19(24)23-17-10-6-7-11-18(17)27-21(23)22-15/h3-5,8-9,12,16H,2,6-7,10-11,13H2,1H3/t16-/m1/s1. The van der Waals surface area contributed by atoms with Crippen LogP contribution in [-0.4, -0.2) is 15.4 Å². The summed E-state index contributed by atoms with van der Waals surface area (Å²) in [6, 6.07) is 11.1. The molecule has 1 aliphatic rings. The second-order valence-corrected chi connectivity index (χ2v) is 7.92. The summed E-state index contributed by atoms with van der Waals surface area (Å²) in [5.41, 5.74) is 2.48. The van der Waals surface area contributed by atoms with Crippen molar-refractivity contribution < 1.29 is 9.53 Å². The van der Waals surface area contributed by atoms with Gasteiger partial charge in [-0.3, -0.25) is 14.0 Å². The Bertz CT molecular complexity index is 1020. The fourth-order valence-corrected chi connectivity index (χ4v) is 4.92. The molecule has 5 nitrogen and oxygen atoms in total. The van der Waals surface area contributed by atoms with Gasteiger partial charge in [0, 0.05) is 16.6 Å². The van der Waals surface area contributed by atoms with Gasteiger partial charge in [-0.25, -0.2) is 4.98 Å². The van der Waals surface area contributed by atoms with E-state index in [0.717, 1.165) is 36.9 Å². The van der Waals surface area contributed by atoms with Crippen LogP contribution in [0.3, 0.4) is 0 Å². The van der Waals surface area contributed by atoms with Crippen molar-refractivity contribution in [3.8, 4) is 0 Å². The van der Waals surface area contributed by atoms with Gasteiger partial charge in [0.25, 0.3) is 5.56 Å². The molecule has 1 atom stereocenters. The number of thiazole rings is 1. The molecule has 0 unspecified atom stereocenters. The van der Waals surface area contributed by atoms with Crippen LogP contribution < -0.4 is 5.56 Å². The summed E-state index contributed by atoms with van der Waals surface area (Å²) in [7, 11) is 0. The van der Waals surface area contributed by atoms with Crippen LogP contribution in [0.4, 0.5) is 0 Å². The lowest BCUT2D eigenvalue weighted by Gasteiger charge is -2.14. The Balaban J connectivity index is 1.53. The molecule has 0 spiro atoms. The zero-order valence-electron chi connectivity index (χ0n) is 15.3. The summed E-state index contributed by atoms with van der Waals surface area (Å²) < 4.78 is 7.22. The maximum Gasteiger partial charge on any atom is 0.313 e. The van der Waals surface area contributed by atoms with Crippen LogP contribution >= 0.6 is 11.3 Å². The topological polar surface area (TPSA) is 60.7 Å². The van der Waals surface area contributed by atoms with E-state index in [9.17, 15) is 9.59 Å². The van der Waals surface area contributed by atoms with Gasteiger partial charge in [-0.15, -0.1) is 11.3 Å². The van der Waals surface area contributed by atoms with Crippen LogP contribution in [0.5, 0.6) is 0 Å². The van der Waals surface area contributed by atoms with Crippen molar-refractivity contribution in [1.82, 2.24) is 9.38 Å². The highest BCUT2D eigenvalue weighted by Crippen LogP contribution is 2.28. The molecule has 2 heterocycles. The molecule has 6 heteroatoms.